The Labute approximate surface area is 124 Å². The summed E-state index contributed by atoms with van der Waals surface area (Å²) in [5.41, 5.74) is 2.97. The molecule has 0 aliphatic heterocycles. The van der Waals surface area contributed by atoms with E-state index in [9.17, 15) is 4.79 Å². The Balaban J connectivity index is 2.21. The molecule has 110 valence electrons. The highest BCUT2D eigenvalue weighted by molar-refractivity contribution is 6.29. The maximum absolute atomic E-state index is 12.7. The molecule has 0 unspecified atom stereocenters. The van der Waals surface area contributed by atoms with Crippen molar-refractivity contribution in [3.63, 3.8) is 0 Å². The van der Waals surface area contributed by atoms with Crippen molar-refractivity contribution in [3.05, 3.63) is 22.8 Å². The molecule has 1 aliphatic rings. The van der Waals surface area contributed by atoms with E-state index in [0.717, 1.165) is 12.8 Å². The smallest absolute Gasteiger partial charge is 0.254 e. The predicted molar refractivity (Wildman–Crippen MR) is 80.6 cm³/mol. The van der Waals surface area contributed by atoms with Crippen LogP contribution in [0.25, 0.3) is 0 Å². The largest absolute Gasteiger partial charge is 0.336 e. The average Bonchev–Trinajstić information content (AvgIpc) is 2.48. The van der Waals surface area contributed by atoms with Crippen LogP contribution in [0.1, 0.15) is 49.4 Å². The van der Waals surface area contributed by atoms with E-state index in [-0.39, 0.29) is 11.1 Å². The third-order valence-electron chi connectivity index (χ3n) is 3.81. The van der Waals surface area contributed by atoms with E-state index in [1.165, 1.54) is 19.3 Å². The van der Waals surface area contributed by atoms with Crippen molar-refractivity contribution in [1.82, 2.24) is 9.88 Å². The van der Waals surface area contributed by atoms with Gasteiger partial charge >= 0.3 is 0 Å². The first kappa shape index (κ1) is 15.1. The number of halogens is 1. The standard InChI is InChI=1S/C14H21ClN4O/c1-2-19(11-6-4-3-5-7-11)14(20)10-8-12(15)17-13(9-10)18-16/h8-9,11H,2-7,16H2,1H3,(H,17,18). The number of nitrogens with one attached hydrogen (secondary N) is 1. The fourth-order valence-electron chi connectivity index (χ4n) is 2.82. The van der Waals surface area contributed by atoms with Gasteiger partial charge in [0.05, 0.1) is 0 Å². The normalized spacial score (nSPS) is 15.9. The van der Waals surface area contributed by atoms with E-state index in [0.29, 0.717) is 24.0 Å². The van der Waals surface area contributed by atoms with Crippen molar-refractivity contribution in [3.8, 4) is 0 Å². The number of nitrogens with two attached hydrogens (primary N) is 1. The molecule has 1 amide bonds. The number of anilines is 1. The first-order valence-electron chi connectivity index (χ1n) is 7.11. The summed E-state index contributed by atoms with van der Waals surface area (Å²) in [6.07, 6.45) is 5.83. The first-order chi connectivity index (χ1) is 9.65. The van der Waals surface area contributed by atoms with E-state index in [2.05, 4.69) is 10.4 Å². The number of hydrogen-bond acceptors (Lipinski definition) is 4. The number of nitrogen functional groups attached to an aromatic ring is 1. The SMILES string of the molecule is CCN(C(=O)c1cc(Cl)nc(NN)c1)C1CCCCC1. The van der Waals surface area contributed by atoms with Gasteiger partial charge < -0.3 is 10.3 Å². The number of hydrogen-bond donors (Lipinski definition) is 2. The van der Waals surface area contributed by atoms with Crippen molar-refractivity contribution in [2.24, 2.45) is 5.84 Å². The van der Waals surface area contributed by atoms with Gasteiger partial charge in [0.2, 0.25) is 0 Å². The molecular weight excluding hydrogens is 276 g/mol. The number of hydrazine groups is 1. The summed E-state index contributed by atoms with van der Waals surface area (Å²) >= 11 is 5.93. The van der Waals surface area contributed by atoms with Crippen LogP contribution in [0.4, 0.5) is 5.82 Å². The van der Waals surface area contributed by atoms with Gasteiger partial charge in [-0.05, 0) is 31.9 Å². The number of nitrogens with zero attached hydrogens (tertiary/aromatic N) is 2. The third-order valence-corrected chi connectivity index (χ3v) is 4.00. The van der Waals surface area contributed by atoms with E-state index in [1.54, 1.807) is 12.1 Å². The van der Waals surface area contributed by atoms with Crippen molar-refractivity contribution in [2.45, 2.75) is 45.1 Å². The zero-order valence-corrected chi connectivity index (χ0v) is 12.5. The minimum absolute atomic E-state index is 0.000185. The minimum Gasteiger partial charge on any atom is -0.336 e. The Hall–Kier alpha value is -1.33. The molecule has 1 saturated carbocycles. The van der Waals surface area contributed by atoms with Crippen LogP contribution in [-0.4, -0.2) is 28.4 Å². The topological polar surface area (TPSA) is 71.2 Å². The van der Waals surface area contributed by atoms with E-state index in [4.69, 9.17) is 17.4 Å². The second-order valence-corrected chi connectivity index (χ2v) is 5.48. The van der Waals surface area contributed by atoms with Crippen LogP contribution in [-0.2, 0) is 0 Å². The first-order valence-corrected chi connectivity index (χ1v) is 7.48. The molecule has 0 saturated heterocycles. The van der Waals surface area contributed by atoms with Gasteiger partial charge in [-0.25, -0.2) is 10.8 Å². The predicted octanol–water partition coefficient (Wildman–Crippen LogP) is 2.82. The second kappa shape index (κ2) is 6.90. The molecule has 0 radical (unpaired) electrons. The lowest BCUT2D eigenvalue weighted by molar-refractivity contribution is 0.0648. The maximum atomic E-state index is 12.7. The summed E-state index contributed by atoms with van der Waals surface area (Å²) in [6, 6.07) is 3.57. The Morgan fingerprint density at radius 1 is 1.45 bits per heavy atom. The van der Waals surface area contributed by atoms with Gasteiger partial charge in [0, 0.05) is 18.2 Å². The fourth-order valence-corrected chi connectivity index (χ4v) is 3.03. The highest BCUT2D eigenvalue weighted by Crippen LogP contribution is 2.25. The van der Waals surface area contributed by atoms with Crippen LogP contribution in [0.15, 0.2) is 12.1 Å². The van der Waals surface area contributed by atoms with Crippen molar-refractivity contribution >= 4 is 23.3 Å². The molecule has 2 rings (SSSR count). The number of carbonyl (C=O) groups excluding carboxylic acids is 1. The van der Waals surface area contributed by atoms with Gasteiger partial charge in [0.25, 0.3) is 5.91 Å². The summed E-state index contributed by atoms with van der Waals surface area (Å²) < 4.78 is 0. The molecule has 1 aromatic heterocycles. The van der Waals surface area contributed by atoms with Crippen LogP contribution in [0.2, 0.25) is 5.15 Å². The summed E-state index contributed by atoms with van der Waals surface area (Å²) in [5.74, 6) is 5.75. The molecule has 1 aliphatic carbocycles. The zero-order chi connectivity index (χ0) is 14.5. The monoisotopic (exact) mass is 296 g/mol. The van der Waals surface area contributed by atoms with Crippen molar-refractivity contribution in [2.75, 3.05) is 12.0 Å². The molecule has 20 heavy (non-hydrogen) atoms. The molecular formula is C14H21ClN4O. The molecule has 5 nitrogen and oxygen atoms in total. The highest BCUT2D eigenvalue weighted by Gasteiger charge is 2.25. The lowest BCUT2D eigenvalue weighted by atomic mass is 9.94. The Bertz CT molecular complexity index is 474. The molecule has 0 bridgehead atoms. The van der Waals surface area contributed by atoms with Gasteiger partial charge in [0.15, 0.2) is 0 Å². The van der Waals surface area contributed by atoms with E-state index in [1.807, 2.05) is 11.8 Å². The fraction of sp³-hybridized carbons (Fsp3) is 0.571. The van der Waals surface area contributed by atoms with Gasteiger partial charge in [-0.1, -0.05) is 30.9 Å². The zero-order valence-electron chi connectivity index (χ0n) is 11.7. The Morgan fingerprint density at radius 3 is 2.75 bits per heavy atom. The highest BCUT2D eigenvalue weighted by atomic mass is 35.5. The third kappa shape index (κ3) is 3.41. The average molecular weight is 297 g/mol. The molecule has 0 aromatic carbocycles. The second-order valence-electron chi connectivity index (χ2n) is 5.09. The molecule has 6 heteroatoms. The maximum Gasteiger partial charge on any atom is 0.254 e. The van der Waals surface area contributed by atoms with Gasteiger partial charge in [-0.3, -0.25) is 4.79 Å². The van der Waals surface area contributed by atoms with Gasteiger partial charge in [-0.2, -0.15) is 0 Å². The summed E-state index contributed by atoms with van der Waals surface area (Å²) in [5, 5.41) is 0.267. The molecule has 0 spiro atoms. The molecule has 3 N–H and O–H groups in total. The number of rotatable bonds is 4. The van der Waals surface area contributed by atoms with E-state index >= 15 is 0 Å². The number of pyridine rings is 1. The summed E-state index contributed by atoms with van der Waals surface area (Å²) in [7, 11) is 0. The van der Waals surface area contributed by atoms with Crippen LogP contribution in [0.3, 0.4) is 0 Å². The summed E-state index contributed by atoms with van der Waals surface area (Å²) in [6.45, 7) is 2.71. The molecule has 1 aromatic rings. The molecule has 1 heterocycles. The van der Waals surface area contributed by atoms with Gasteiger partial charge in [0.1, 0.15) is 11.0 Å². The summed E-state index contributed by atoms with van der Waals surface area (Å²) in [4.78, 5) is 18.6. The van der Waals surface area contributed by atoms with Crippen LogP contribution >= 0.6 is 11.6 Å². The lowest BCUT2D eigenvalue weighted by Gasteiger charge is -2.33. The minimum atomic E-state index is 0.000185. The molecule has 1 fully saturated rings. The Kier molecular flexibility index (Phi) is 5.20. The number of aromatic nitrogens is 1. The van der Waals surface area contributed by atoms with Crippen molar-refractivity contribution < 1.29 is 4.79 Å². The van der Waals surface area contributed by atoms with E-state index < -0.39 is 0 Å². The molecule has 0 atom stereocenters. The van der Waals surface area contributed by atoms with Crippen molar-refractivity contribution in [1.29, 1.82) is 0 Å². The number of amides is 1. The van der Waals surface area contributed by atoms with Crippen LogP contribution in [0, 0.1) is 0 Å². The Morgan fingerprint density at radius 2 is 2.15 bits per heavy atom. The van der Waals surface area contributed by atoms with Crippen LogP contribution in [0.5, 0.6) is 0 Å². The van der Waals surface area contributed by atoms with Crippen LogP contribution < -0.4 is 11.3 Å². The lowest BCUT2D eigenvalue weighted by Crippen LogP contribution is -2.41. The quantitative estimate of drug-likeness (QED) is 0.509. The number of carbonyl (C=O) groups is 1. The van der Waals surface area contributed by atoms with Gasteiger partial charge in [-0.15, -0.1) is 0 Å².